The highest BCUT2D eigenvalue weighted by atomic mass is 79.9. The topological polar surface area (TPSA) is 20.2 Å². The van der Waals surface area contributed by atoms with Gasteiger partial charge in [0.15, 0.2) is 0 Å². The van der Waals surface area contributed by atoms with Gasteiger partial charge in [-0.25, -0.2) is 0 Å². The zero-order valence-corrected chi connectivity index (χ0v) is 12.7. The maximum absolute atomic E-state index is 10.0. The van der Waals surface area contributed by atoms with Crippen molar-refractivity contribution < 1.29 is 5.11 Å². The largest absolute Gasteiger partial charge is 0.388 e. The van der Waals surface area contributed by atoms with E-state index in [2.05, 4.69) is 38.8 Å². The molecule has 0 radical (unpaired) electrons. The van der Waals surface area contributed by atoms with Crippen LogP contribution in [0, 0.1) is 0 Å². The first-order chi connectivity index (χ1) is 7.65. The van der Waals surface area contributed by atoms with Crippen molar-refractivity contribution in [3.63, 3.8) is 0 Å². The molecule has 1 atom stereocenters. The molecule has 0 aliphatic rings. The molecule has 1 nitrogen and oxygen atoms in total. The molecule has 0 aliphatic carbocycles. The van der Waals surface area contributed by atoms with Gasteiger partial charge in [0.05, 0.1) is 6.10 Å². The van der Waals surface area contributed by atoms with Gasteiger partial charge in [0.25, 0.3) is 0 Å². The molecule has 3 heteroatoms. The second-order valence-corrected chi connectivity index (χ2v) is 5.80. The molecule has 1 unspecified atom stereocenters. The molecule has 0 heterocycles. The van der Waals surface area contributed by atoms with Crippen LogP contribution in [-0.2, 0) is 0 Å². The number of benzene rings is 1. The van der Waals surface area contributed by atoms with Crippen molar-refractivity contribution in [2.45, 2.75) is 45.1 Å². The van der Waals surface area contributed by atoms with Gasteiger partial charge in [-0.05, 0) is 24.1 Å². The molecule has 0 saturated carbocycles. The fraction of sp³-hybridized carbons (Fsp3) is 0.538. The summed E-state index contributed by atoms with van der Waals surface area (Å²) in [5, 5.41) is 10.0. The molecule has 16 heavy (non-hydrogen) atoms. The van der Waals surface area contributed by atoms with Crippen LogP contribution in [0.4, 0.5) is 0 Å². The molecular weight excluding hydrogens is 332 g/mol. The number of halogens is 2. The molecule has 0 saturated heterocycles. The van der Waals surface area contributed by atoms with E-state index in [1.807, 2.05) is 18.2 Å². The summed E-state index contributed by atoms with van der Waals surface area (Å²) in [5.74, 6) is 0. The van der Waals surface area contributed by atoms with E-state index < -0.39 is 0 Å². The second kappa shape index (κ2) is 7.46. The average Bonchev–Trinajstić information content (AvgIpc) is 2.24. The van der Waals surface area contributed by atoms with Crippen LogP contribution in [0.2, 0.25) is 0 Å². The summed E-state index contributed by atoms with van der Waals surface area (Å²) in [7, 11) is 0. The summed E-state index contributed by atoms with van der Waals surface area (Å²) in [4.78, 5) is 0. The SMILES string of the molecule is CCCCCCC(O)c1ccc(Br)cc1Br. The summed E-state index contributed by atoms with van der Waals surface area (Å²) in [5.41, 5.74) is 0.986. The Bertz CT molecular complexity index is 326. The van der Waals surface area contributed by atoms with Crippen LogP contribution in [0.1, 0.15) is 50.7 Å². The van der Waals surface area contributed by atoms with Crippen molar-refractivity contribution in [1.29, 1.82) is 0 Å². The Kier molecular flexibility index (Phi) is 6.62. The quantitative estimate of drug-likeness (QED) is 0.698. The summed E-state index contributed by atoms with van der Waals surface area (Å²) >= 11 is 6.89. The van der Waals surface area contributed by atoms with Gasteiger partial charge in [0.1, 0.15) is 0 Å². The Balaban J connectivity index is 2.49. The van der Waals surface area contributed by atoms with Crippen molar-refractivity contribution >= 4 is 31.9 Å². The average molecular weight is 350 g/mol. The fourth-order valence-electron chi connectivity index (χ4n) is 1.69. The van der Waals surface area contributed by atoms with Crippen molar-refractivity contribution in [2.75, 3.05) is 0 Å². The summed E-state index contributed by atoms with van der Waals surface area (Å²) in [6, 6.07) is 5.92. The number of rotatable bonds is 6. The highest BCUT2D eigenvalue weighted by Crippen LogP contribution is 2.29. The van der Waals surface area contributed by atoms with Crippen LogP contribution in [0.15, 0.2) is 27.1 Å². The van der Waals surface area contributed by atoms with Gasteiger partial charge in [0, 0.05) is 8.95 Å². The molecule has 0 aliphatic heterocycles. The van der Waals surface area contributed by atoms with E-state index >= 15 is 0 Å². The van der Waals surface area contributed by atoms with Crippen molar-refractivity contribution in [2.24, 2.45) is 0 Å². The lowest BCUT2D eigenvalue weighted by atomic mass is 10.0. The van der Waals surface area contributed by atoms with Gasteiger partial charge < -0.3 is 5.11 Å². The van der Waals surface area contributed by atoms with Gasteiger partial charge in [-0.15, -0.1) is 0 Å². The van der Waals surface area contributed by atoms with E-state index in [1.54, 1.807) is 0 Å². The van der Waals surface area contributed by atoms with E-state index in [1.165, 1.54) is 19.3 Å². The highest BCUT2D eigenvalue weighted by Gasteiger charge is 2.10. The Labute approximate surface area is 115 Å². The predicted molar refractivity (Wildman–Crippen MR) is 75.6 cm³/mol. The van der Waals surface area contributed by atoms with Gasteiger partial charge in [-0.1, -0.05) is 70.5 Å². The van der Waals surface area contributed by atoms with Crippen LogP contribution in [0.5, 0.6) is 0 Å². The lowest BCUT2D eigenvalue weighted by molar-refractivity contribution is 0.162. The molecule has 0 fully saturated rings. The summed E-state index contributed by atoms with van der Waals surface area (Å²) in [6.07, 6.45) is 5.30. The minimum Gasteiger partial charge on any atom is -0.388 e. The van der Waals surface area contributed by atoms with Crippen LogP contribution in [-0.4, -0.2) is 5.11 Å². The third-order valence-electron chi connectivity index (χ3n) is 2.65. The normalized spacial score (nSPS) is 12.8. The minimum atomic E-state index is -0.348. The molecule has 0 bridgehead atoms. The van der Waals surface area contributed by atoms with Gasteiger partial charge >= 0.3 is 0 Å². The smallest absolute Gasteiger partial charge is 0.0801 e. The third kappa shape index (κ3) is 4.56. The molecular formula is C13H18Br2O. The van der Waals surface area contributed by atoms with Crippen LogP contribution in [0.25, 0.3) is 0 Å². The summed E-state index contributed by atoms with van der Waals surface area (Å²) < 4.78 is 2.01. The molecule has 0 amide bonds. The zero-order valence-electron chi connectivity index (χ0n) is 9.55. The van der Waals surface area contributed by atoms with E-state index in [0.29, 0.717) is 0 Å². The van der Waals surface area contributed by atoms with Crippen LogP contribution in [0.3, 0.4) is 0 Å². The number of unbranched alkanes of at least 4 members (excludes halogenated alkanes) is 3. The lowest BCUT2D eigenvalue weighted by Gasteiger charge is -2.12. The van der Waals surface area contributed by atoms with E-state index in [4.69, 9.17) is 0 Å². The highest BCUT2D eigenvalue weighted by molar-refractivity contribution is 9.11. The first-order valence-electron chi connectivity index (χ1n) is 5.78. The molecule has 1 N–H and O–H groups in total. The Morgan fingerprint density at radius 2 is 1.94 bits per heavy atom. The molecule has 1 aromatic rings. The lowest BCUT2D eigenvalue weighted by Crippen LogP contribution is -1.98. The van der Waals surface area contributed by atoms with Crippen LogP contribution >= 0.6 is 31.9 Å². The van der Waals surface area contributed by atoms with Crippen molar-refractivity contribution in [1.82, 2.24) is 0 Å². The molecule has 90 valence electrons. The first-order valence-corrected chi connectivity index (χ1v) is 7.36. The van der Waals surface area contributed by atoms with Gasteiger partial charge in [-0.2, -0.15) is 0 Å². The van der Waals surface area contributed by atoms with Crippen molar-refractivity contribution in [3.8, 4) is 0 Å². The minimum absolute atomic E-state index is 0.348. The van der Waals surface area contributed by atoms with E-state index in [-0.39, 0.29) is 6.10 Å². The summed E-state index contributed by atoms with van der Waals surface area (Å²) in [6.45, 7) is 2.20. The van der Waals surface area contributed by atoms with Gasteiger partial charge in [-0.3, -0.25) is 0 Å². The van der Waals surface area contributed by atoms with Gasteiger partial charge in [0.2, 0.25) is 0 Å². The first kappa shape index (κ1) is 14.2. The van der Waals surface area contributed by atoms with Crippen LogP contribution < -0.4 is 0 Å². The number of aliphatic hydroxyl groups is 1. The zero-order chi connectivity index (χ0) is 12.0. The Morgan fingerprint density at radius 1 is 1.19 bits per heavy atom. The maximum Gasteiger partial charge on any atom is 0.0801 e. The number of hydrogen-bond acceptors (Lipinski definition) is 1. The monoisotopic (exact) mass is 348 g/mol. The molecule has 1 aromatic carbocycles. The third-order valence-corrected chi connectivity index (χ3v) is 3.83. The second-order valence-electron chi connectivity index (χ2n) is 4.03. The molecule has 1 rings (SSSR count). The molecule has 0 spiro atoms. The number of aliphatic hydroxyl groups excluding tert-OH is 1. The predicted octanol–water partition coefficient (Wildman–Crippen LogP) is 5.22. The Morgan fingerprint density at radius 3 is 2.56 bits per heavy atom. The fourth-order valence-corrected chi connectivity index (χ4v) is 3.00. The molecule has 0 aromatic heterocycles. The Hall–Kier alpha value is 0.140. The van der Waals surface area contributed by atoms with E-state index in [0.717, 1.165) is 27.4 Å². The van der Waals surface area contributed by atoms with Crippen molar-refractivity contribution in [3.05, 3.63) is 32.7 Å². The number of hydrogen-bond donors (Lipinski definition) is 1. The maximum atomic E-state index is 10.0. The standard InChI is InChI=1S/C13H18Br2O/c1-2-3-4-5-6-13(16)11-8-7-10(14)9-12(11)15/h7-9,13,16H,2-6H2,1H3. The van der Waals surface area contributed by atoms with E-state index in [9.17, 15) is 5.11 Å².